The highest BCUT2D eigenvalue weighted by molar-refractivity contribution is 5.79. The predicted molar refractivity (Wildman–Crippen MR) is 80.8 cm³/mol. The smallest absolute Gasteiger partial charge is 0.226 e. The van der Waals surface area contributed by atoms with Gasteiger partial charge in [-0.3, -0.25) is 15.6 Å². The Morgan fingerprint density at radius 1 is 1.29 bits per heavy atom. The predicted octanol–water partition coefficient (Wildman–Crippen LogP) is 0.855. The number of hydrogen-bond acceptors (Lipinski definition) is 4. The summed E-state index contributed by atoms with van der Waals surface area (Å²) in [5.41, 5.74) is 7.54. The Bertz CT molecular complexity index is 510. The average molecular weight is 289 g/mol. The molecule has 1 aromatic rings. The van der Waals surface area contributed by atoms with E-state index in [0.717, 1.165) is 17.7 Å². The Hall–Kier alpha value is -1.59. The molecule has 3 atom stereocenters. The summed E-state index contributed by atoms with van der Waals surface area (Å²) in [4.78, 5) is 12.3. The summed E-state index contributed by atoms with van der Waals surface area (Å²) in [6, 6.07) is 8.67. The second-order valence-corrected chi connectivity index (χ2v) is 6.09. The number of hydrogen-bond donors (Lipinski definition) is 3. The summed E-state index contributed by atoms with van der Waals surface area (Å²) in [6.07, 6.45) is 0.758. The molecular formula is C16H23N3O2. The van der Waals surface area contributed by atoms with E-state index in [-0.39, 0.29) is 11.8 Å². The summed E-state index contributed by atoms with van der Waals surface area (Å²) in [5, 5.41) is 3.09. The molecule has 3 unspecified atom stereocenters. The monoisotopic (exact) mass is 289 g/mol. The molecule has 5 heteroatoms. The topological polar surface area (TPSA) is 62.4 Å². The minimum absolute atomic E-state index is 0.0900. The molecule has 3 rings (SSSR count). The van der Waals surface area contributed by atoms with Gasteiger partial charge in [0.2, 0.25) is 5.91 Å². The number of carbonyl (C=O) groups is 1. The fourth-order valence-electron chi connectivity index (χ4n) is 3.12. The highest BCUT2D eigenvalue weighted by Gasteiger charge is 2.31. The lowest BCUT2D eigenvalue weighted by Gasteiger charge is -2.26. The van der Waals surface area contributed by atoms with E-state index in [1.807, 2.05) is 24.3 Å². The van der Waals surface area contributed by atoms with E-state index in [9.17, 15) is 4.79 Å². The van der Waals surface area contributed by atoms with Crippen LogP contribution in [0.2, 0.25) is 0 Å². The van der Waals surface area contributed by atoms with E-state index in [1.54, 1.807) is 0 Å². The average Bonchev–Trinajstić information content (AvgIpc) is 2.83. The lowest BCUT2D eigenvalue weighted by atomic mass is 9.94. The van der Waals surface area contributed by atoms with Crippen molar-refractivity contribution in [2.75, 3.05) is 13.2 Å². The van der Waals surface area contributed by atoms with Crippen molar-refractivity contribution < 1.29 is 9.53 Å². The van der Waals surface area contributed by atoms with Gasteiger partial charge < -0.3 is 10.1 Å². The molecule has 0 spiro atoms. The van der Waals surface area contributed by atoms with Crippen LogP contribution in [-0.2, 0) is 11.2 Å². The zero-order valence-electron chi connectivity index (χ0n) is 12.6. The molecule has 2 aliphatic rings. The Labute approximate surface area is 125 Å². The quantitative estimate of drug-likeness (QED) is 0.772. The molecule has 1 saturated heterocycles. The number of benzene rings is 1. The number of amides is 1. The van der Waals surface area contributed by atoms with Crippen LogP contribution in [0.4, 0.5) is 0 Å². The van der Waals surface area contributed by atoms with Gasteiger partial charge in [0.1, 0.15) is 12.4 Å². The van der Waals surface area contributed by atoms with Crippen molar-refractivity contribution in [1.82, 2.24) is 16.2 Å². The fourth-order valence-corrected chi connectivity index (χ4v) is 3.12. The Morgan fingerprint density at radius 3 is 2.76 bits per heavy atom. The molecule has 2 aliphatic heterocycles. The number of nitrogens with one attached hydrogen (secondary N) is 3. The van der Waals surface area contributed by atoms with Crippen LogP contribution >= 0.6 is 0 Å². The van der Waals surface area contributed by atoms with Crippen molar-refractivity contribution >= 4 is 5.91 Å². The number of carbonyl (C=O) groups excluding carboxylic acids is 1. The molecule has 1 amide bonds. The number of fused-ring (bicyclic) bond motifs is 1. The largest absolute Gasteiger partial charge is 0.492 e. The summed E-state index contributed by atoms with van der Waals surface area (Å²) in [7, 11) is 0. The molecular weight excluding hydrogens is 266 g/mol. The van der Waals surface area contributed by atoms with Crippen LogP contribution in [0.15, 0.2) is 24.3 Å². The Balaban J connectivity index is 1.55. The molecule has 0 radical (unpaired) electrons. The number of rotatable bonds is 3. The van der Waals surface area contributed by atoms with Gasteiger partial charge in [0.25, 0.3) is 0 Å². The van der Waals surface area contributed by atoms with Crippen molar-refractivity contribution in [2.45, 2.75) is 32.4 Å². The summed E-state index contributed by atoms with van der Waals surface area (Å²) in [5.74, 6) is 1.32. The van der Waals surface area contributed by atoms with Crippen LogP contribution in [0, 0.1) is 11.8 Å². The molecule has 0 aliphatic carbocycles. The second-order valence-electron chi connectivity index (χ2n) is 6.09. The van der Waals surface area contributed by atoms with E-state index in [0.29, 0.717) is 31.2 Å². The normalized spacial score (nSPS) is 31.3. The molecule has 0 bridgehead atoms. The SMILES string of the molecule is CC1NNC(C)C1CNC(=O)C1COc2ccccc2C1. The van der Waals surface area contributed by atoms with Gasteiger partial charge in [-0.25, -0.2) is 0 Å². The van der Waals surface area contributed by atoms with Gasteiger partial charge in [-0.2, -0.15) is 0 Å². The molecule has 1 fully saturated rings. The maximum atomic E-state index is 12.3. The second kappa shape index (κ2) is 6.03. The zero-order chi connectivity index (χ0) is 14.8. The fraction of sp³-hybridized carbons (Fsp3) is 0.562. The number of hydrazine groups is 1. The van der Waals surface area contributed by atoms with Crippen molar-refractivity contribution in [3.63, 3.8) is 0 Å². The van der Waals surface area contributed by atoms with Gasteiger partial charge in [-0.05, 0) is 31.9 Å². The van der Waals surface area contributed by atoms with Crippen molar-refractivity contribution in [1.29, 1.82) is 0 Å². The van der Waals surface area contributed by atoms with Gasteiger partial charge in [0, 0.05) is 24.5 Å². The van der Waals surface area contributed by atoms with Crippen molar-refractivity contribution in [2.24, 2.45) is 11.8 Å². The van der Waals surface area contributed by atoms with Crippen LogP contribution in [0.3, 0.4) is 0 Å². The zero-order valence-corrected chi connectivity index (χ0v) is 12.6. The van der Waals surface area contributed by atoms with Gasteiger partial charge in [0.15, 0.2) is 0 Å². The highest BCUT2D eigenvalue weighted by Crippen LogP contribution is 2.26. The van der Waals surface area contributed by atoms with Crippen LogP contribution in [-0.4, -0.2) is 31.1 Å². The Kier molecular flexibility index (Phi) is 4.12. The third kappa shape index (κ3) is 3.04. The number of ether oxygens (including phenoxy) is 1. The van der Waals surface area contributed by atoms with Crippen LogP contribution in [0.5, 0.6) is 5.75 Å². The molecule has 114 valence electrons. The molecule has 0 aromatic heterocycles. The minimum atomic E-state index is -0.0900. The summed E-state index contributed by atoms with van der Waals surface area (Å²) >= 11 is 0. The third-order valence-electron chi connectivity index (χ3n) is 4.58. The highest BCUT2D eigenvalue weighted by atomic mass is 16.5. The maximum absolute atomic E-state index is 12.3. The lowest BCUT2D eigenvalue weighted by molar-refractivity contribution is -0.126. The van der Waals surface area contributed by atoms with E-state index in [2.05, 4.69) is 30.0 Å². The van der Waals surface area contributed by atoms with E-state index in [4.69, 9.17) is 4.74 Å². The van der Waals surface area contributed by atoms with E-state index >= 15 is 0 Å². The first-order valence-corrected chi connectivity index (χ1v) is 7.64. The first-order valence-electron chi connectivity index (χ1n) is 7.64. The third-order valence-corrected chi connectivity index (χ3v) is 4.58. The molecule has 1 aromatic carbocycles. The molecule has 0 saturated carbocycles. The van der Waals surface area contributed by atoms with Gasteiger partial charge in [-0.1, -0.05) is 18.2 Å². The first kappa shape index (κ1) is 14.4. The molecule has 2 heterocycles. The Morgan fingerprint density at radius 2 is 2.00 bits per heavy atom. The lowest BCUT2D eigenvalue weighted by Crippen LogP contribution is -2.42. The number of para-hydroxylation sites is 1. The van der Waals surface area contributed by atoms with Crippen molar-refractivity contribution in [3.8, 4) is 5.75 Å². The maximum Gasteiger partial charge on any atom is 0.226 e. The molecule has 21 heavy (non-hydrogen) atoms. The van der Waals surface area contributed by atoms with Gasteiger partial charge in [0.05, 0.1) is 5.92 Å². The summed E-state index contributed by atoms with van der Waals surface area (Å²) in [6.45, 7) is 5.43. The van der Waals surface area contributed by atoms with Crippen molar-refractivity contribution in [3.05, 3.63) is 29.8 Å². The minimum Gasteiger partial charge on any atom is -0.492 e. The molecule has 3 N–H and O–H groups in total. The van der Waals surface area contributed by atoms with Crippen LogP contribution in [0.1, 0.15) is 19.4 Å². The van der Waals surface area contributed by atoms with E-state index in [1.165, 1.54) is 0 Å². The summed E-state index contributed by atoms with van der Waals surface area (Å²) < 4.78 is 5.69. The van der Waals surface area contributed by atoms with Gasteiger partial charge >= 0.3 is 0 Å². The van der Waals surface area contributed by atoms with Crippen LogP contribution < -0.4 is 20.9 Å². The van der Waals surface area contributed by atoms with Gasteiger partial charge in [-0.15, -0.1) is 0 Å². The standard InChI is InChI=1S/C16H23N3O2/c1-10-14(11(2)19-18-10)8-17-16(20)13-7-12-5-3-4-6-15(12)21-9-13/h3-6,10-11,13-14,18-19H,7-9H2,1-2H3,(H,17,20). The van der Waals surface area contributed by atoms with E-state index < -0.39 is 0 Å². The van der Waals surface area contributed by atoms with Crippen LogP contribution in [0.25, 0.3) is 0 Å². The molecule has 5 nitrogen and oxygen atoms in total. The first-order chi connectivity index (χ1) is 10.1.